The summed E-state index contributed by atoms with van der Waals surface area (Å²) in [5, 5.41) is 17.6. The summed E-state index contributed by atoms with van der Waals surface area (Å²) in [5.41, 5.74) is 3.11. The van der Waals surface area contributed by atoms with Crippen LogP contribution in [0.2, 0.25) is 5.02 Å². The van der Waals surface area contributed by atoms with Gasteiger partial charge in [0.05, 0.1) is 22.5 Å². The van der Waals surface area contributed by atoms with Gasteiger partial charge in [-0.2, -0.15) is 23.5 Å². The van der Waals surface area contributed by atoms with E-state index >= 15 is 0 Å². The number of rotatable bonds is 7. The number of ether oxygens (including phenoxy) is 1. The van der Waals surface area contributed by atoms with Gasteiger partial charge in [-0.15, -0.1) is 0 Å². The van der Waals surface area contributed by atoms with Gasteiger partial charge >= 0.3 is 6.18 Å². The summed E-state index contributed by atoms with van der Waals surface area (Å²) in [4.78, 5) is 3.70. The first-order valence-corrected chi connectivity index (χ1v) is 10.7. The van der Waals surface area contributed by atoms with Crippen molar-refractivity contribution in [2.45, 2.75) is 25.4 Å². The van der Waals surface area contributed by atoms with Crippen LogP contribution in [0.5, 0.6) is 11.6 Å². The first-order valence-electron chi connectivity index (χ1n) is 10.3. The predicted molar refractivity (Wildman–Crippen MR) is 121 cm³/mol. The molecule has 0 bridgehead atoms. The summed E-state index contributed by atoms with van der Waals surface area (Å²) in [6.45, 7) is 0. The number of aromatic nitrogens is 3. The number of hydrogen-bond donors (Lipinski definition) is 1. The van der Waals surface area contributed by atoms with E-state index in [0.717, 1.165) is 29.1 Å². The maximum atomic E-state index is 12.6. The Morgan fingerprint density at radius 3 is 2.44 bits per heavy atom. The van der Waals surface area contributed by atoms with Crippen molar-refractivity contribution < 1.29 is 17.9 Å². The van der Waals surface area contributed by atoms with Gasteiger partial charge in [0, 0.05) is 23.7 Å². The van der Waals surface area contributed by atoms with Crippen LogP contribution >= 0.6 is 11.6 Å². The molecule has 0 unspecified atom stereocenters. The number of hydrogen-bond acceptors (Lipinski definition) is 4. The van der Waals surface area contributed by atoms with E-state index in [4.69, 9.17) is 16.3 Å². The lowest BCUT2D eigenvalue weighted by Crippen LogP contribution is -2.05. The van der Waals surface area contributed by atoms with Gasteiger partial charge < -0.3 is 4.74 Å². The summed E-state index contributed by atoms with van der Waals surface area (Å²) in [6.07, 6.45) is -1.96. The van der Waals surface area contributed by atoms with Gasteiger partial charge in [-0.3, -0.25) is 5.10 Å². The first kappa shape index (κ1) is 23.3. The minimum absolute atomic E-state index is 0.0724. The molecule has 9 heteroatoms. The molecule has 0 fully saturated rings. The molecule has 1 N–H and O–H groups in total. The molecule has 5 nitrogen and oxygen atoms in total. The predicted octanol–water partition coefficient (Wildman–Crippen LogP) is 6.52. The quantitative estimate of drug-likeness (QED) is 0.325. The molecule has 0 atom stereocenters. The van der Waals surface area contributed by atoms with Crippen LogP contribution in [-0.2, 0) is 25.4 Å². The van der Waals surface area contributed by atoms with E-state index in [1.165, 1.54) is 6.07 Å². The minimum Gasteiger partial charge on any atom is -0.439 e. The van der Waals surface area contributed by atoms with Crippen LogP contribution in [0.3, 0.4) is 0 Å². The second kappa shape index (κ2) is 9.98. The maximum absolute atomic E-state index is 12.6. The van der Waals surface area contributed by atoms with Gasteiger partial charge in [0.15, 0.2) is 0 Å². The van der Waals surface area contributed by atoms with Gasteiger partial charge in [-0.25, -0.2) is 4.98 Å². The van der Waals surface area contributed by atoms with Crippen molar-refractivity contribution in [3.05, 3.63) is 106 Å². The number of nitrogens with one attached hydrogen (secondary N) is 1. The molecule has 0 aliphatic carbocycles. The standard InChI is InChI=1S/C25H18ClF3N4O/c26-19-3-1-2-17(12-19)13-23-21(14-30)22(32-33-23)10-6-16-4-8-20(9-5-16)34-24-11-7-18(15-31-24)25(27,28)29/h1-5,7-9,11-12,15H,6,10,13H2,(H,32,33). The lowest BCUT2D eigenvalue weighted by Gasteiger charge is -2.08. The average molecular weight is 483 g/mol. The van der Waals surface area contributed by atoms with Crippen LogP contribution < -0.4 is 4.74 Å². The molecule has 0 aliphatic rings. The second-order valence-corrected chi connectivity index (χ2v) is 8.01. The van der Waals surface area contributed by atoms with E-state index < -0.39 is 11.7 Å². The molecule has 2 aromatic heterocycles. The van der Waals surface area contributed by atoms with E-state index in [9.17, 15) is 18.4 Å². The van der Waals surface area contributed by atoms with Gasteiger partial charge in [0.2, 0.25) is 5.88 Å². The van der Waals surface area contributed by atoms with Gasteiger partial charge in [-0.1, -0.05) is 35.9 Å². The molecule has 0 spiro atoms. The number of aryl methyl sites for hydroxylation is 2. The molecule has 172 valence electrons. The van der Waals surface area contributed by atoms with Crippen LogP contribution in [0.25, 0.3) is 0 Å². The van der Waals surface area contributed by atoms with Crippen LogP contribution in [0.15, 0.2) is 66.9 Å². The summed E-state index contributed by atoms with van der Waals surface area (Å²) < 4.78 is 43.4. The third kappa shape index (κ3) is 5.74. The van der Waals surface area contributed by atoms with Crippen molar-refractivity contribution in [1.82, 2.24) is 15.2 Å². The number of H-pyrrole nitrogens is 1. The third-order valence-electron chi connectivity index (χ3n) is 5.16. The highest BCUT2D eigenvalue weighted by Crippen LogP contribution is 2.30. The summed E-state index contributed by atoms with van der Waals surface area (Å²) in [6, 6.07) is 18.9. The molecule has 34 heavy (non-hydrogen) atoms. The fourth-order valence-corrected chi connectivity index (χ4v) is 3.64. The number of benzene rings is 2. The number of nitriles is 1. The van der Waals surface area contributed by atoms with Crippen molar-refractivity contribution in [2.75, 3.05) is 0 Å². The largest absolute Gasteiger partial charge is 0.439 e. The Morgan fingerprint density at radius 1 is 1.00 bits per heavy atom. The molecule has 2 aromatic carbocycles. The summed E-state index contributed by atoms with van der Waals surface area (Å²) >= 11 is 6.04. The number of pyridine rings is 1. The lowest BCUT2D eigenvalue weighted by molar-refractivity contribution is -0.137. The van der Waals surface area contributed by atoms with Crippen molar-refractivity contribution in [2.24, 2.45) is 0 Å². The van der Waals surface area contributed by atoms with Crippen molar-refractivity contribution in [1.29, 1.82) is 5.26 Å². The number of aromatic amines is 1. The molecule has 0 saturated carbocycles. The SMILES string of the molecule is N#Cc1c(CCc2ccc(Oc3ccc(C(F)(F)F)cn3)cc2)n[nH]c1Cc1cccc(Cl)c1. The first-order chi connectivity index (χ1) is 16.3. The van der Waals surface area contributed by atoms with Crippen LogP contribution in [0, 0.1) is 11.3 Å². The summed E-state index contributed by atoms with van der Waals surface area (Å²) in [7, 11) is 0. The average Bonchev–Trinajstić information content (AvgIpc) is 3.19. The Labute approximate surface area is 198 Å². The van der Waals surface area contributed by atoms with Crippen LogP contribution in [-0.4, -0.2) is 15.2 Å². The molecule has 0 saturated heterocycles. The van der Waals surface area contributed by atoms with E-state index in [1.54, 1.807) is 18.2 Å². The molecule has 2 heterocycles. The zero-order valence-corrected chi connectivity index (χ0v) is 18.5. The van der Waals surface area contributed by atoms with Gasteiger partial charge in [0.25, 0.3) is 0 Å². The van der Waals surface area contributed by atoms with Crippen LogP contribution in [0.1, 0.15) is 33.6 Å². The third-order valence-corrected chi connectivity index (χ3v) is 5.39. The fraction of sp³-hybridized carbons (Fsp3) is 0.160. The Morgan fingerprint density at radius 2 is 1.79 bits per heavy atom. The highest BCUT2D eigenvalue weighted by Gasteiger charge is 2.30. The molecular weight excluding hydrogens is 465 g/mol. The van der Waals surface area contributed by atoms with Gasteiger partial charge in [0.1, 0.15) is 11.8 Å². The number of alkyl halides is 3. The zero-order chi connectivity index (χ0) is 24.1. The smallest absolute Gasteiger partial charge is 0.417 e. The normalized spacial score (nSPS) is 11.3. The number of nitrogens with zero attached hydrogens (tertiary/aromatic N) is 3. The Kier molecular flexibility index (Phi) is 6.85. The molecule has 4 aromatic rings. The highest BCUT2D eigenvalue weighted by molar-refractivity contribution is 6.30. The topological polar surface area (TPSA) is 74.6 Å². The molecular formula is C25H18ClF3N4O. The van der Waals surface area contributed by atoms with Gasteiger partial charge in [-0.05, 0) is 54.3 Å². The Balaban J connectivity index is 1.37. The fourth-order valence-electron chi connectivity index (χ4n) is 3.43. The monoisotopic (exact) mass is 482 g/mol. The second-order valence-electron chi connectivity index (χ2n) is 7.57. The molecule has 0 aliphatic heterocycles. The van der Waals surface area contributed by atoms with Crippen molar-refractivity contribution >= 4 is 11.6 Å². The van der Waals surface area contributed by atoms with Crippen LogP contribution in [0.4, 0.5) is 13.2 Å². The van der Waals surface area contributed by atoms with E-state index in [2.05, 4.69) is 21.3 Å². The lowest BCUT2D eigenvalue weighted by atomic mass is 10.0. The van der Waals surface area contributed by atoms with Crippen molar-refractivity contribution in [3.8, 4) is 17.7 Å². The van der Waals surface area contributed by atoms with Crippen molar-refractivity contribution in [3.63, 3.8) is 0 Å². The molecule has 4 rings (SSSR count). The maximum Gasteiger partial charge on any atom is 0.417 e. The Hall–Kier alpha value is -3.83. The minimum atomic E-state index is -4.44. The highest BCUT2D eigenvalue weighted by atomic mass is 35.5. The van der Waals surface area contributed by atoms with E-state index in [0.29, 0.717) is 41.3 Å². The van der Waals surface area contributed by atoms with E-state index in [1.807, 2.05) is 30.3 Å². The number of halogens is 4. The summed E-state index contributed by atoms with van der Waals surface area (Å²) in [5.74, 6) is 0.528. The zero-order valence-electron chi connectivity index (χ0n) is 17.7. The Bertz CT molecular complexity index is 1310. The molecule has 0 radical (unpaired) electrons. The molecule has 0 amide bonds. The van der Waals surface area contributed by atoms with E-state index in [-0.39, 0.29) is 5.88 Å².